The van der Waals surface area contributed by atoms with Crippen molar-refractivity contribution in [2.45, 2.75) is 71.3 Å². The Morgan fingerprint density at radius 2 is 1.81 bits per heavy atom. The minimum Gasteiger partial charge on any atom is -0.507 e. The van der Waals surface area contributed by atoms with E-state index in [4.69, 9.17) is 9.47 Å². The number of fused-ring (bicyclic) bond motifs is 1. The van der Waals surface area contributed by atoms with E-state index in [1.54, 1.807) is 6.07 Å². The van der Waals surface area contributed by atoms with E-state index in [9.17, 15) is 5.11 Å². The molecule has 0 saturated carbocycles. The molecular formula is C18H28O3. The van der Waals surface area contributed by atoms with Gasteiger partial charge in [0, 0.05) is 6.61 Å². The Labute approximate surface area is 128 Å². The molecular weight excluding hydrogens is 264 g/mol. The van der Waals surface area contributed by atoms with Crippen LogP contribution in [0, 0.1) is 0 Å². The smallest absolute Gasteiger partial charge is 0.179 e. The minimum atomic E-state index is -0.0337. The molecule has 1 aliphatic heterocycles. The maximum Gasteiger partial charge on any atom is 0.179 e. The van der Waals surface area contributed by atoms with Gasteiger partial charge in [-0.25, -0.2) is 0 Å². The largest absolute Gasteiger partial charge is 0.507 e. The molecule has 1 aromatic carbocycles. The average Bonchev–Trinajstić information content (AvgIpc) is 3.26. The molecule has 1 atom stereocenters. The average molecular weight is 292 g/mol. The van der Waals surface area contributed by atoms with Crippen LogP contribution in [-0.2, 0) is 4.74 Å². The van der Waals surface area contributed by atoms with Gasteiger partial charge >= 0.3 is 0 Å². The van der Waals surface area contributed by atoms with Crippen molar-refractivity contribution in [3.63, 3.8) is 0 Å². The van der Waals surface area contributed by atoms with Crippen molar-refractivity contribution < 1.29 is 14.6 Å². The Kier molecular flexibility index (Phi) is 6.37. The summed E-state index contributed by atoms with van der Waals surface area (Å²) in [5, 5.41) is 10.1. The Morgan fingerprint density at radius 3 is 2.57 bits per heavy atom. The van der Waals surface area contributed by atoms with Crippen LogP contribution >= 0.6 is 0 Å². The standard InChI is InChI=1S/C18H28O3/c1-3-5-6-7-8-9-10-15(20-13-4-2)17-14(19)11-12-16-18(17)21-16/h11-12,15,19H,3-10,13H2,1-2H3. The number of benzene rings is 1. The van der Waals surface area contributed by atoms with Crippen molar-refractivity contribution >= 4 is 0 Å². The van der Waals surface area contributed by atoms with Crippen LogP contribution in [0.4, 0.5) is 0 Å². The summed E-state index contributed by atoms with van der Waals surface area (Å²) in [7, 11) is 0. The Hall–Kier alpha value is -1.22. The van der Waals surface area contributed by atoms with E-state index in [-0.39, 0.29) is 6.10 Å². The minimum absolute atomic E-state index is 0.0337. The normalized spacial score (nSPS) is 13.6. The van der Waals surface area contributed by atoms with Crippen molar-refractivity contribution in [2.24, 2.45) is 0 Å². The lowest BCUT2D eigenvalue weighted by Crippen LogP contribution is -2.05. The highest BCUT2D eigenvalue weighted by atomic mass is 16.6. The molecule has 0 spiro atoms. The molecule has 0 aromatic heterocycles. The van der Waals surface area contributed by atoms with E-state index in [0.29, 0.717) is 5.75 Å². The SMILES string of the molecule is CCCCCCCCC(OCCC)c1c(O)ccc2c1O2. The van der Waals surface area contributed by atoms with Gasteiger partial charge in [-0.05, 0) is 25.0 Å². The van der Waals surface area contributed by atoms with Crippen molar-refractivity contribution in [2.75, 3.05) is 6.61 Å². The first-order valence-electron chi connectivity index (χ1n) is 8.43. The fourth-order valence-corrected chi connectivity index (χ4v) is 2.73. The van der Waals surface area contributed by atoms with Crippen LogP contribution in [0.2, 0.25) is 0 Å². The third-order valence-corrected chi connectivity index (χ3v) is 3.97. The summed E-state index contributed by atoms with van der Waals surface area (Å²) in [5.41, 5.74) is 0.856. The molecule has 1 heterocycles. The van der Waals surface area contributed by atoms with Crippen molar-refractivity contribution in [3.8, 4) is 17.2 Å². The number of phenolic OH excluding ortho intramolecular Hbond substituents is 1. The number of ether oxygens (including phenoxy) is 2. The quantitative estimate of drug-likeness (QED) is 0.425. The highest BCUT2D eigenvalue weighted by Gasteiger charge is 2.32. The maximum absolute atomic E-state index is 10.1. The summed E-state index contributed by atoms with van der Waals surface area (Å²) in [6, 6.07) is 3.53. The summed E-state index contributed by atoms with van der Waals surface area (Å²) in [6.45, 7) is 5.07. The van der Waals surface area contributed by atoms with Crippen LogP contribution in [0.3, 0.4) is 0 Å². The number of unbranched alkanes of at least 4 members (excludes halogenated alkanes) is 5. The molecule has 0 aliphatic carbocycles. The van der Waals surface area contributed by atoms with Gasteiger partial charge in [-0.15, -0.1) is 0 Å². The van der Waals surface area contributed by atoms with Gasteiger partial charge in [0.1, 0.15) is 5.75 Å². The van der Waals surface area contributed by atoms with Gasteiger partial charge in [0.15, 0.2) is 11.5 Å². The van der Waals surface area contributed by atoms with Crippen LogP contribution in [-0.4, -0.2) is 11.7 Å². The predicted octanol–water partition coefficient (Wildman–Crippen LogP) is 5.72. The lowest BCUT2D eigenvalue weighted by atomic mass is 10.0. The Morgan fingerprint density at radius 1 is 1.05 bits per heavy atom. The zero-order valence-electron chi connectivity index (χ0n) is 13.4. The van der Waals surface area contributed by atoms with Crippen molar-refractivity contribution in [1.29, 1.82) is 0 Å². The summed E-state index contributed by atoms with van der Waals surface area (Å²) < 4.78 is 11.4. The first kappa shape index (κ1) is 16.2. The van der Waals surface area contributed by atoms with Crippen molar-refractivity contribution in [1.82, 2.24) is 0 Å². The van der Waals surface area contributed by atoms with Gasteiger partial charge in [-0.1, -0.05) is 52.4 Å². The van der Waals surface area contributed by atoms with Gasteiger partial charge in [0.25, 0.3) is 0 Å². The van der Waals surface area contributed by atoms with Gasteiger partial charge in [-0.2, -0.15) is 0 Å². The highest BCUT2D eigenvalue weighted by Crippen LogP contribution is 2.54. The second-order valence-corrected chi connectivity index (χ2v) is 5.84. The fourth-order valence-electron chi connectivity index (χ4n) is 2.73. The first-order valence-corrected chi connectivity index (χ1v) is 8.43. The predicted molar refractivity (Wildman–Crippen MR) is 85.2 cm³/mol. The first-order chi connectivity index (χ1) is 10.3. The molecule has 0 radical (unpaired) electrons. The van der Waals surface area contributed by atoms with Crippen LogP contribution in [0.1, 0.15) is 76.9 Å². The van der Waals surface area contributed by atoms with Crippen LogP contribution in [0.5, 0.6) is 17.2 Å². The lowest BCUT2D eigenvalue weighted by molar-refractivity contribution is 0.0434. The topological polar surface area (TPSA) is 42.0 Å². The second kappa shape index (κ2) is 8.28. The molecule has 0 fully saturated rings. The van der Waals surface area contributed by atoms with E-state index in [1.165, 1.54) is 32.1 Å². The van der Waals surface area contributed by atoms with Crippen LogP contribution in [0.25, 0.3) is 0 Å². The van der Waals surface area contributed by atoms with Gasteiger partial charge < -0.3 is 14.6 Å². The molecule has 118 valence electrons. The van der Waals surface area contributed by atoms with Crippen molar-refractivity contribution in [3.05, 3.63) is 17.7 Å². The van der Waals surface area contributed by atoms with Gasteiger partial charge in [-0.3, -0.25) is 0 Å². The fraction of sp³-hybridized carbons (Fsp3) is 0.667. The molecule has 0 saturated heterocycles. The van der Waals surface area contributed by atoms with Gasteiger partial charge in [0.2, 0.25) is 0 Å². The molecule has 21 heavy (non-hydrogen) atoms. The number of hydrogen-bond donors (Lipinski definition) is 1. The number of phenols is 1. The van der Waals surface area contributed by atoms with Crippen LogP contribution < -0.4 is 4.74 Å². The lowest BCUT2D eigenvalue weighted by Gasteiger charge is -2.18. The summed E-state index contributed by atoms with van der Waals surface area (Å²) >= 11 is 0. The maximum atomic E-state index is 10.1. The third-order valence-electron chi connectivity index (χ3n) is 3.97. The number of hydrogen-bond acceptors (Lipinski definition) is 3. The second-order valence-electron chi connectivity index (χ2n) is 5.84. The molecule has 1 N–H and O–H groups in total. The molecule has 2 rings (SSSR count). The van der Waals surface area contributed by atoms with E-state index >= 15 is 0 Å². The molecule has 1 unspecified atom stereocenters. The third kappa shape index (κ3) is 4.63. The molecule has 0 bridgehead atoms. The number of aromatic hydroxyl groups is 1. The van der Waals surface area contributed by atoms with E-state index in [0.717, 1.165) is 42.9 Å². The zero-order valence-corrected chi connectivity index (χ0v) is 13.4. The van der Waals surface area contributed by atoms with E-state index < -0.39 is 0 Å². The molecule has 1 aromatic rings. The van der Waals surface area contributed by atoms with Gasteiger partial charge in [0.05, 0.1) is 11.7 Å². The number of rotatable bonds is 11. The molecule has 0 amide bonds. The van der Waals surface area contributed by atoms with E-state index in [2.05, 4.69) is 13.8 Å². The zero-order chi connectivity index (χ0) is 15.1. The van der Waals surface area contributed by atoms with E-state index in [1.807, 2.05) is 6.07 Å². The molecule has 1 aliphatic rings. The summed E-state index contributed by atoms with van der Waals surface area (Å²) in [6.07, 6.45) is 9.52. The summed E-state index contributed by atoms with van der Waals surface area (Å²) in [4.78, 5) is 0. The highest BCUT2D eigenvalue weighted by molar-refractivity contribution is 5.64. The van der Waals surface area contributed by atoms with Crippen LogP contribution in [0.15, 0.2) is 12.1 Å². The Balaban J connectivity index is 1.87. The molecule has 3 nitrogen and oxygen atoms in total. The monoisotopic (exact) mass is 292 g/mol. The Bertz CT molecular complexity index is 439. The molecule has 3 heteroatoms. The summed E-state index contributed by atoms with van der Waals surface area (Å²) in [5.74, 6) is 2.02.